The summed E-state index contributed by atoms with van der Waals surface area (Å²) in [7, 11) is 0. The Labute approximate surface area is 93.4 Å². The number of hydrogen-bond donors (Lipinski definition) is 2. The fourth-order valence-electron chi connectivity index (χ4n) is 1.62. The lowest BCUT2D eigenvalue weighted by atomic mass is 10.2. The van der Waals surface area contributed by atoms with Crippen LogP contribution in [0.15, 0.2) is 0 Å². The standard InChI is InChI=1S/C11H26N2O2/c1-3-6-13(8-9-14)7-5-11(10-12)15-4-2/h11,14H,3-10,12H2,1-2H3. The molecule has 3 N–H and O–H groups in total. The molecule has 0 saturated heterocycles. The molecule has 0 bridgehead atoms. The van der Waals surface area contributed by atoms with E-state index in [9.17, 15) is 0 Å². The molecule has 0 amide bonds. The molecule has 0 saturated carbocycles. The normalized spacial score (nSPS) is 13.4. The maximum absolute atomic E-state index is 8.89. The third kappa shape index (κ3) is 7.73. The SMILES string of the molecule is CCCN(CCO)CCC(CN)OCC. The number of aliphatic hydroxyl groups excluding tert-OH is 1. The molecule has 0 aliphatic rings. The van der Waals surface area contributed by atoms with E-state index in [1.807, 2.05) is 6.92 Å². The number of nitrogens with two attached hydrogens (primary N) is 1. The van der Waals surface area contributed by atoms with Gasteiger partial charge in [-0.25, -0.2) is 0 Å². The van der Waals surface area contributed by atoms with Crippen molar-refractivity contribution in [1.29, 1.82) is 0 Å². The van der Waals surface area contributed by atoms with E-state index in [0.717, 1.165) is 39.1 Å². The van der Waals surface area contributed by atoms with Crippen molar-refractivity contribution in [3.8, 4) is 0 Å². The molecule has 1 atom stereocenters. The van der Waals surface area contributed by atoms with Crippen LogP contribution in [0, 0.1) is 0 Å². The summed E-state index contributed by atoms with van der Waals surface area (Å²) in [6.45, 7) is 8.38. The third-order valence-electron chi connectivity index (χ3n) is 2.39. The molecule has 4 heteroatoms. The maximum Gasteiger partial charge on any atom is 0.0709 e. The fraction of sp³-hybridized carbons (Fsp3) is 1.00. The van der Waals surface area contributed by atoms with Gasteiger partial charge in [-0.3, -0.25) is 0 Å². The smallest absolute Gasteiger partial charge is 0.0709 e. The van der Waals surface area contributed by atoms with E-state index in [-0.39, 0.29) is 12.7 Å². The van der Waals surface area contributed by atoms with E-state index in [1.165, 1.54) is 0 Å². The van der Waals surface area contributed by atoms with Gasteiger partial charge in [0.15, 0.2) is 0 Å². The second kappa shape index (κ2) is 10.4. The number of ether oxygens (including phenoxy) is 1. The number of nitrogens with zero attached hydrogens (tertiary/aromatic N) is 1. The van der Waals surface area contributed by atoms with E-state index < -0.39 is 0 Å². The Kier molecular flexibility index (Phi) is 10.3. The lowest BCUT2D eigenvalue weighted by Gasteiger charge is -2.23. The van der Waals surface area contributed by atoms with E-state index in [1.54, 1.807) is 0 Å². The second-order valence-electron chi connectivity index (χ2n) is 3.67. The Balaban J connectivity index is 3.73. The summed E-state index contributed by atoms with van der Waals surface area (Å²) in [6, 6.07) is 0. The first-order valence-corrected chi connectivity index (χ1v) is 5.93. The Hall–Kier alpha value is -0.160. The zero-order chi connectivity index (χ0) is 11.5. The van der Waals surface area contributed by atoms with E-state index in [2.05, 4.69) is 11.8 Å². The summed E-state index contributed by atoms with van der Waals surface area (Å²) in [5, 5.41) is 8.89. The second-order valence-corrected chi connectivity index (χ2v) is 3.67. The minimum absolute atomic E-state index is 0.160. The van der Waals surface area contributed by atoms with Gasteiger partial charge in [0, 0.05) is 26.2 Å². The first kappa shape index (κ1) is 14.8. The molecule has 15 heavy (non-hydrogen) atoms. The van der Waals surface area contributed by atoms with Gasteiger partial charge in [0.05, 0.1) is 12.7 Å². The predicted octanol–water partition coefficient (Wildman–Crippen LogP) is 0.445. The van der Waals surface area contributed by atoms with Crippen LogP contribution in [0.1, 0.15) is 26.7 Å². The van der Waals surface area contributed by atoms with Crippen molar-refractivity contribution in [2.75, 3.05) is 39.4 Å². The fourth-order valence-corrected chi connectivity index (χ4v) is 1.62. The monoisotopic (exact) mass is 218 g/mol. The van der Waals surface area contributed by atoms with E-state index in [4.69, 9.17) is 15.6 Å². The van der Waals surface area contributed by atoms with Crippen molar-refractivity contribution >= 4 is 0 Å². The minimum Gasteiger partial charge on any atom is -0.395 e. The van der Waals surface area contributed by atoms with E-state index in [0.29, 0.717) is 6.54 Å². The summed E-state index contributed by atoms with van der Waals surface area (Å²) in [5.74, 6) is 0. The van der Waals surface area contributed by atoms with Crippen molar-refractivity contribution in [2.24, 2.45) is 5.73 Å². The van der Waals surface area contributed by atoms with Gasteiger partial charge in [-0.2, -0.15) is 0 Å². The average molecular weight is 218 g/mol. The van der Waals surface area contributed by atoms with Crippen LogP contribution in [0.5, 0.6) is 0 Å². The van der Waals surface area contributed by atoms with Gasteiger partial charge in [0.1, 0.15) is 0 Å². The highest BCUT2D eigenvalue weighted by Gasteiger charge is 2.09. The van der Waals surface area contributed by atoms with Crippen LogP contribution in [0.2, 0.25) is 0 Å². The van der Waals surface area contributed by atoms with Gasteiger partial charge >= 0.3 is 0 Å². The van der Waals surface area contributed by atoms with Gasteiger partial charge in [-0.15, -0.1) is 0 Å². The van der Waals surface area contributed by atoms with Gasteiger partial charge in [0.2, 0.25) is 0 Å². The van der Waals surface area contributed by atoms with Crippen molar-refractivity contribution in [3.63, 3.8) is 0 Å². The van der Waals surface area contributed by atoms with Crippen LogP contribution in [-0.4, -0.2) is 55.5 Å². The Bertz CT molecular complexity index is 128. The molecule has 0 heterocycles. The number of rotatable bonds is 10. The van der Waals surface area contributed by atoms with Crippen LogP contribution in [-0.2, 0) is 4.74 Å². The molecule has 0 aliphatic carbocycles. The molecule has 0 aromatic rings. The summed E-state index contributed by atoms with van der Waals surface area (Å²) < 4.78 is 5.48. The highest BCUT2D eigenvalue weighted by molar-refractivity contribution is 4.64. The van der Waals surface area contributed by atoms with Crippen LogP contribution in [0.4, 0.5) is 0 Å². The molecule has 0 aromatic heterocycles. The summed E-state index contributed by atoms with van der Waals surface area (Å²) in [5.41, 5.74) is 5.60. The molecular formula is C11H26N2O2. The summed E-state index contributed by atoms with van der Waals surface area (Å²) >= 11 is 0. The lowest BCUT2D eigenvalue weighted by Crippen LogP contribution is -2.33. The average Bonchev–Trinajstić information content (AvgIpc) is 2.24. The van der Waals surface area contributed by atoms with E-state index >= 15 is 0 Å². The van der Waals surface area contributed by atoms with Crippen LogP contribution < -0.4 is 5.73 Å². The van der Waals surface area contributed by atoms with Crippen molar-refractivity contribution < 1.29 is 9.84 Å². The zero-order valence-corrected chi connectivity index (χ0v) is 10.1. The van der Waals surface area contributed by atoms with Crippen LogP contribution in [0.3, 0.4) is 0 Å². The molecule has 0 aliphatic heterocycles. The van der Waals surface area contributed by atoms with Crippen molar-refractivity contribution in [2.45, 2.75) is 32.8 Å². The summed E-state index contributed by atoms with van der Waals surface area (Å²) in [4.78, 5) is 2.25. The topological polar surface area (TPSA) is 58.7 Å². The first-order valence-electron chi connectivity index (χ1n) is 5.93. The molecular weight excluding hydrogens is 192 g/mol. The van der Waals surface area contributed by atoms with Gasteiger partial charge in [-0.05, 0) is 26.3 Å². The molecule has 0 radical (unpaired) electrons. The number of aliphatic hydroxyl groups is 1. The molecule has 0 rings (SSSR count). The van der Waals surface area contributed by atoms with Crippen LogP contribution >= 0.6 is 0 Å². The molecule has 92 valence electrons. The highest BCUT2D eigenvalue weighted by Crippen LogP contribution is 2.00. The zero-order valence-electron chi connectivity index (χ0n) is 10.1. The highest BCUT2D eigenvalue weighted by atomic mass is 16.5. The van der Waals surface area contributed by atoms with Crippen molar-refractivity contribution in [1.82, 2.24) is 4.90 Å². The summed E-state index contributed by atoms with van der Waals surface area (Å²) in [6.07, 6.45) is 2.22. The van der Waals surface area contributed by atoms with Gasteiger partial charge in [0.25, 0.3) is 0 Å². The minimum atomic E-state index is 0.160. The Morgan fingerprint density at radius 3 is 2.47 bits per heavy atom. The third-order valence-corrected chi connectivity index (χ3v) is 2.39. The lowest BCUT2D eigenvalue weighted by molar-refractivity contribution is 0.0526. The molecule has 0 aromatic carbocycles. The van der Waals surface area contributed by atoms with Gasteiger partial charge in [-0.1, -0.05) is 6.92 Å². The largest absolute Gasteiger partial charge is 0.395 e. The Morgan fingerprint density at radius 1 is 1.27 bits per heavy atom. The van der Waals surface area contributed by atoms with Crippen molar-refractivity contribution in [3.05, 3.63) is 0 Å². The van der Waals surface area contributed by atoms with Crippen LogP contribution in [0.25, 0.3) is 0 Å². The molecule has 0 spiro atoms. The molecule has 4 nitrogen and oxygen atoms in total. The first-order chi connectivity index (χ1) is 7.28. The molecule has 1 unspecified atom stereocenters. The Morgan fingerprint density at radius 2 is 2.00 bits per heavy atom. The maximum atomic E-state index is 8.89. The predicted molar refractivity (Wildman–Crippen MR) is 62.9 cm³/mol. The number of hydrogen-bond acceptors (Lipinski definition) is 4. The molecule has 0 fully saturated rings. The quantitative estimate of drug-likeness (QED) is 0.559. The van der Waals surface area contributed by atoms with Gasteiger partial charge < -0.3 is 20.5 Å².